The van der Waals surface area contributed by atoms with Crippen LogP contribution in [0.3, 0.4) is 0 Å². The Labute approximate surface area is 232 Å². The number of rotatable bonds is 0. The Kier molecular flexibility index (Phi) is 6.49. The molecule has 2 heterocycles. The number of aromatic nitrogens is 2. The molecule has 0 saturated carbocycles. The van der Waals surface area contributed by atoms with Gasteiger partial charge in [0.25, 0.3) is 5.56 Å². The second kappa shape index (κ2) is 9.59. The van der Waals surface area contributed by atoms with Crippen LogP contribution in [-0.4, -0.2) is 21.6 Å². The lowest BCUT2D eigenvalue weighted by molar-refractivity contribution is 0.589. The first-order valence-electron chi connectivity index (χ1n) is 13.4. The average Bonchev–Trinajstić information content (AvgIpc) is 2.85. The molecule has 0 saturated heterocycles. The van der Waals surface area contributed by atoms with Gasteiger partial charge in [-0.2, -0.15) is 0 Å². The summed E-state index contributed by atoms with van der Waals surface area (Å²) in [4.78, 5) is 36.6. The van der Waals surface area contributed by atoms with E-state index in [1.807, 2.05) is 18.2 Å². The molecular weight excluding hydrogens is 498 g/mol. The van der Waals surface area contributed by atoms with Crippen molar-refractivity contribution in [3.8, 4) is 0 Å². The molecule has 6 rings (SSSR count). The Balaban J connectivity index is 0.000000161. The van der Waals surface area contributed by atoms with Gasteiger partial charge in [-0.05, 0) is 61.4 Å². The molecular formula is C33H35N5O2. The molecule has 204 valence electrons. The zero-order valence-electron chi connectivity index (χ0n) is 23.8. The molecule has 0 fully saturated rings. The van der Waals surface area contributed by atoms with Crippen molar-refractivity contribution in [1.29, 1.82) is 0 Å². The van der Waals surface area contributed by atoms with Gasteiger partial charge in [0.1, 0.15) is 0 Å². The lowest BCUT2D eigenvalue weighted by Crippen LogP contribution is -2.36. The van der Waals surface area contributed by atoms with Gasteiger partial charge in [0.2, 0.25) is 5.96 Å². The summed E-state index contributed by atoms with van der Waals surface area (Å²) < 4.78 is 0. The minimum atomic E-state index is -0.479. The van der Waals surface area contributed by atoms with Gasteiger partial charge in [-0.15, -0.1) is 0 Å². The highest BCUT2D eigenvalue weighted by atomic mass is 16.2. The first-order valence-corrected chi connectivity index (χ1v) is 13.4. The fourth-order valence-electron chi connectivity index (χ4n) is 4.95. The lowest BCUT2D eigenvalue weighted by Gasteiger charge is -2.22. The van der Waals surface area contributed by atoms with Gasteiger partial charge in [-0.25, -0.2) is 14.8 Å². The van der Waals surface area contributed by atoms with E-state index < -0.39 is 5.69 Å². The fourth-order valence-corrected chi connectivity index (χ4v) is 4.95. The van der Waals surface area contributed by atoms with E-state index in [1.165, 1.54) is 21.6 Å². The maximum Gasteiger partial charge on any atom is 0.326 e. The van der Waals surface area contributed by atoms with Crippen molar-refractivity contribution in [1.82, 2.24) is 9.97 Å². The number of aliphatic imine (C=N–C) groups is 2. The van der Waals surface area contributed by atoms with Crippen LogP contribution in [0.25, 0.3) is 33.8 Å². The summed E-state index contributed by atoms with van der Waals surface area (Å²) in [5, 5.41) is 4.91. The summed E-state index contributed by atoms with van der Waals surface area (Å²) in [5.41, 5.74) is 9.86. The Morgan fingerprint density at radius 2 is 1.48 bits per heavy atom. The Morgan fingerprint density at radius 1 is 0.800 bits per heavy atom. The molecule has 0 radical (unpaired) electrons. The number of guanidine groups is 1. The quantitative estimate of drug-likeness (QED) is 0.295. The Bertz CT molecular complexity index is 1990. The largest absolute Gasteiger partial charge is 0.368 e. The summed E-state index contributed by atoms with van der Waals surface area (Å²) in [6.07, 6.45) is 4.26. The van der Waals surface area contributed by atoms with Crippen molar-refractivity contribution in [3.63, 3.8) is 0 Å². The molecule has 1 aromatic heterocycles. The van der Waals surface area contributed by atoms with Crippen LogP contribution in [-0.2, 0) is 10.8 Å². The highest BCUT2D eigenvalue weighted by Gasteiger charge is 2.23. The van der Waals surface area contributed by atoms with E-state index in [4.69, 9.17) is 5.73 Å². The van der Waals surface area contributed by atoms with E-state index in [0.29, 0.717) is 16.9 Å². The number of benzene rings is 3. The van der Waals surface area contributed by atoms with E-state index in [1.54, 1.807) is 0 Å². The molecule has 7 nitrogen and oxygen atoms in total. The maximum absolute atomic E-state index is 11.8. The molecule has 1 aliphatic carbocycles. The van der Waals surface area contributed by atoms with Crippen molar-refractivity contribution < 1.29 is 0 Å². The number of aromatic amines is 2. The van der Waals surface area contributed by atoms with E-state index in [2.05, 4.69) is 111 Å². The zero-order chi connectivity index (χ0) is 29.0. The van der Waals surface area contributed by atoms with Gasteiger partial charge >= 0.3 is 5.69 Å². The lowest BCUT2D eigenvalue weighted by atomic mass is 9.84. The van der Waals surface area contributed by atoms with Crippen LogP contribution in [0.1, 0.15) is 52.7 Å². The Hall–Kier alpha value is -4.52. The van der Waals surface area contributed by atoms with Crippen molar-refractivity contribution in [2.45, 2.75) is 52.4 Å². The van der Waals surface area contributed by atoms with Gasteiger partial charge in [0, 0.05) is 0 Å². The topological polar surface area (TPSA) is 116 Å². The normalized spacial score (nSPS) is 16.6. The number of nitrogens with zero attached hydrogens (tertiary/aromatic N) is 2. The number of hydrogen-bond acceptors (Lipinski definition) is 5. The van der Waals surface area contributed by atoms with Gasteiger partial charge < -0.3 is 10.7 Å². The summed E-state index contributed by atoms with van der Waals surface area (Å²) in [5.74, 6) is 0.339. The van der Waals surface area contributed by atoms with Crippen LogP contribution in [0, 0.1) is 5.92 Å². The second-order valence-electron chi connectivity index (χ2n) is 12.5. The predicted octanol–water partition coefficient (Wildman–Crippen LogP) is 4.13. The number of nitrogens with one attached hydrogen (secondary N) is 2. The standard InChI is InChI=1S/C17H19N3.C16H16N2O2/c1-10-14-8-12-7-13(17(2,3)4)6-5-11(12)9-15(14)20-16(18)19-10;1-16(2,3)11-5-4-9-8-13-12(7-10(9)6-11)14(19)18-15(20)17-13/h5-9,14H,1H2,2-4H3,(H2,18,19);4-8H,1-3H3,(H2,17,18,19,20). The first kappa shape index (κ1) is 27.1. The van der Waals surface area contributed by atoms with Gasteiger partial charge in [0.05, 0.1) is 28.2 Å². The first-order chi connectivity index (χ1) is 18.7. The third-order valence-corrected chi connectivity index (χ3v) is 7.34. The molecule has 1 aliphatic heterocycles. The minimum Gasteiger partial charge on any atom is -0.368 e. The fraction of sp³-hybridized carbons (Fsp3) is 0.273. The highest BCUT2D eigenvalue weighted by Crippen LogP contribution is 2.27. The van der Waals surface area contributed by atoms with Gasteiger partial charge in [0.15, 0.2) is 0 Å². The van der Waals surface area contributed by atoms with E-state index in [0.717, 1.165) is 22.2 Å². The molecule has 4 N–H and O–H groups in total. The van der Waals surface area contributed by atoms with Crippen molar-refractivity contribution in [2.75, 3.05) is 0 Å². The molecule has 4 aromatic rings. The van der Waals surface area contributed by atoms with E-state index >= 15 is 0 Å². The zero-order valence-corrected chi connectivity index (χ0v) is 23.8. The average molecular weight is 534 g/mol. The smallest absolute Gasteiger partial charge is 0.326 e. The van der Waals surface area contributed by atoms with Crippen LogP contribution >= 0.6 is 0 Å². The molecule has 0 spiro atoms. The minimum absolute atomic E-state index is 0.0463. The number of allylic oxidation sites excluding steroid dienone is 1. The molecule has 0 amide bonds. The molecule has 0 bridgehead atoms. The van der Waals surface area contributed by atoms with Gasteiger partial charge in [-0.3, -0.25) is 9.78 Å². The van der Waals surface area contributed by atoms with Crippen LogP contribution in [0.2, 0.25) is 0 Å². The number of nitrogens with two attached hydrogens (primary N) is 1. The molecule has 3 aromatic carbocycles. The van der Waals surface area contributed by atoms with Gasteiger partial charge in [-0.1, -0.05) is 90.6 Å². The van der Waals surface area contributed by atoms with Crippen LogP contribution < -0.4 is 27.4 Å². The van der Waals surface area contributed by atoms with Crippen molar-refractivity contribution in [3.05, 3.63) is 103 Å². The Morgan fingerprint density at radius 3 is 2.17 bits per heavy atom. The molecule has 1 unspecified atom stereocenters. The number of fused-ring (bicyclic) bond motifs is 4. The maximum atomic E-state index is 11.8. The molecule has 2 aliphatic rings. The van der Waals surface area contributed by atoms with E-state index in [-0.39, 0.29) is 22.3 Å². The molecule has 40 heavy (non-hydrogen) atoms. The van der Waals surface area contributed by atoms with E-state index in [9.17, 15) is 9.59 Å². The third-order valence-electron chi connectivity index (χ3n) is 7.34. The predicted molar refractivity (Wildman–Crippen MR) is 166 cm³/mol. The van der Waals surface area contributed by atoms with Crippen molar-refractivity contribution in [2.24, 2.45) is 21.6 Å². The molecule has 1 atom stereocenters. The SMILES string of the molecule is C=C1N=C(N)N=C2C=c3ccc(C(C)(C)C)cc3=CC12.CC(C)(C)c1ccc2cc3[nH]c(=O)[nH]c(=O)c3cc2c1. The number of hydrogen-bond donors (Lipinski definition) is 3. The van der Waals surface area contributed by atoms with Crippen molar-refractivity contribution >= 4 is 45.5 Å². The summed E-state index contributed by atoms with van der Waals surface area (Å²) in [7, 11) is 0. The van der Waals surface area contributed by atoms with Crippen LogP contribution in [0.5, 0.6) is 0 Å². The second-order valence-corrected chi connectivity index (χ2v) is 12.5. The molecule has 7 heteroatoms. The van der Waals surface area contributed by atoms with Crippen LogP contribution in [0.4, 0.5) is 0 Å². The third kappa shape index (κ3) is 5.32. The monoisotopic (exact) mass is 533 g/mol. The summed E-state index contributed by atoms with van der Waals surface area (Å²) >= 11 is 0. The van der Waals surface area contributed by atoms with Crippen LogP contribution in [0.15, 0.2) is 80.4 Å². The summed E-state index contributed by atoms with van der Waals surface area (Å²) in [6.45, 7) is 17.1. The number of H-pyrrole nitrogens is 2. The summed E-state index contributed by atoms with van der Waals surface area (Å²) in [6, 6.07) is 16.4. The highest BCUT2D eigenvalue weighted by molar-refractivity contribution is 6.21.